The lowest BCUT2D eigenvalue weighted by molar-refractivity contribution is 0.0290. The highest BCUT2D eigenvalue weighted by Gasteiger charge is 2.29. The molecule has 7 heteroatoms. The van der Waals surface area contributed by atoms with E-state index in [2.05, 4.69) is 4.98 Å². The predicted octanol–water partition coefficient (Wildman–Crippen LogP) is 0.565. The van der Waals surface area contributed by atoms with Gasteiger partial charge in [0, 0.05) is 32.0 Å². The van der Waals surface area contributed by atoms with E-state index < -0.39 is 10.0 Å². The summed E-state index contributed by atoms with van der Waals surface area (Å²) < 4.78 is 31.6. The number of H-pyrrole nitrogens is 1. The van der Waals surface area contributed by atoms with Crippen LogP contribution in [-0.2, 0) is 14.8 Å². The standard InChI is InChI=1S/C12H18N2O4S/c1-2-18-10-5-7-14(8-6-10)19(16,17)11-3-4-12(15)13-9-11/h3-4,9-10H,2,5-8H2,1H3,(H,13,15). The lowest BCUT2D eigenvalue weighted by Gasteiger charge is -2.30. The van der Waals surface area contributed by atoms with Crippen LogP contribution in [0.2, 0.25) is 0 Å². The van der Waals surface area contributed by atoms with E-state index in [9.17, 15) is 13.2 Å². The zero-order valence-corrected chi connectivity index (χ0v) is 11.6. The first-order valence-corrected chi connectivity index (χ1v) is 7.78. The van der Waals surface area contributed by atoms with Crippen molar-refractivity contribution < 1.29 is 13.2 Å². The fourth-order valence-electron chi connectivity index (χ4n) is 2.18. The lowest BCUT2D eigenvalue weighted by Crippen LogP contribution is -2.40. The molecule has 0 unspecified atom stereocenters. The highest BCUT2D eigenvalue weighted by Crippen LogP contribution is 2.20. The normalized spacial score (nSPS) is 18.6. The minimum atomic E-state index is -3.51. The fraction of sp³-hybridized carbons (Fsp3) is 0.583. The van der Waals surface area contributed by atoms with Crippen LogP contribution < -0.4 is 5.56 Å². The summed E-state index contributed by atoms with van der Waals surface area (Å²) in [5.41, 5.74) is -0.311. The molecule has 0 amide bonds. The smallest absolute Gasteiger partial charge is 0.247 e. The number of nitrogens with zero attached hydrogens (tertiary/aromatic N) is 1. The number of sulfonamides is 1. The summed E-state index contributed by atoms with van der Waals surface area (Å²) in [6.45, 7) is 3.49. The van der Waals surface area contributed by atoms with E-state index in [0.717, 1.165) is 0 Å². The molecule has 0 atom stereocenters. The first-order valence-electron chi connectivity index (χ1n) is 6.34. The van der Waals surface area contributed by atoms with Crippen LogP contribution in [0.15, 0.2) is 28.0 Å². The Hall–Kier alpha value is -1.18. The van der Waals surface area contributed by atoms with E-state index in [0.29, 0.717) is 32.5 Å². The molecular formula is C12H18N2O4S. The zero-order valence-electron chi connectivity index (χ0n) is 10.8. The first kappa shape index (κ1) is 14.2. The van der Waals surface area contributed by atoms with Crippen LogP contribution in [0, 0.1) is 0 Å². The third-order valence-corrected chi connectivity index (χ3v) is 5.09. The molecule has 0 aromatic carbocycles. The molecule has 1 aliphatic rings. The van der Waals surface area contributed by atoms with Crippen molar-refractivity contribution in [3.8, 4) is 0 Å². The quantitative estimate of drug-likeness (QED) is 0.877. The predicted molar refractivity (Wildman–Crippen MR) is 70.5 cm³/mol. The van der Waals surface area contributed by atoms with Crippen molar-refractivity contribution in [2.75, 3.05) is 19.7 Å². The lowest BCUT2D eigenvalue weighted by atomic mass is 10.1. The Kier molecular flexibility index (Phi) is 4.38. The number of rotatable bonds is 4. The van der Waals surface area contributed by atoms with Crippen molar-refractivity contribution in [1.82, 2.24) is 9.29 Å². The molecule has 0 spiro atoms. The van der Waals surface area contributed by atoms with Gasteiger partial charge >= 0.3 is 0 Å². The van der Waals surface area contributed by atoms with Gasteiger partial charge in [-0.25, -0.2) is 8.42 Å². The average molecular weight is 286 g/mol. The number of aromatic amines is 1. The van der Waals surface area contributed by atoms with Crippen LogP contribution in [0.25, 0.3) is 0 Å². The Bertz CT molecular complexity index is 553. The second kappa shape index (κ2) is 5.85. The van der Waals surface area contributed by atoms with Gasteiger partial charge in [0.05, 0.1) is 11.0 Å². The molecule has 2 heterocycles. The third kappa shape index (κ3) is 3.23. The molecular weight excluding hydrogens is 268 g/mol. The highest BCUT2D eigenvalue weighted by molar-refractivity contribution is 7.89. The van der Waals surface area contributed by atoms with Crippen LogP contribution >= 0.6 is 0 Å². The third-order valence-electron chi connectivity index (χ3n) is 3.20. The van der Waals surface area contributed by atoms with E-state index in [4.69, 9.17) is 4.74 Å². The van der Waals surface area contributed by atoms with Crippen molar-refractivity contribution in [3.63, 3.8) is 0 Å². The molecule has 1 aliphatic heterocycles. The van der Waals surface area contributed by atoms with Crippen molar-refractivity contribution in [1.29, 1.82) is 0 Å². The summed E-state index contributed by atoms with van der Waals surface area (Å²) in [5.74, 6) is 0. The minimum Gasteiger partial charge on any atom is -0.378 e. The van der Waals surface area contributed by atoms with Crippen LogP contribution in [0.4, 0.5) is 0 Å². The molecule has 1 aromatic heterocycles. The Morgan fingerprint density at radius 3 is 2.58 bits per heavy atom. The average Bonchev–Trinajstić information content (AvgIpc) is 2.40. The molecule has 2 rings (SSSR count). The monoisotopic (exact) mass is 286 g/mol. The molecule has 0 saturated carbocycles. The first-order chi connectivity index (χ1) is 9.04. The van der Waals surface area contributed by atoms with Crippen molar-refractivity contribution in [2.45, 2.75) is 30.8 Å². The van der Waals surface area contributed by atoms with Gasteiger partial charge < -0.3 is 9.72 Å². The molecule has 0 radical (unpaired) electrons. The van der Waals surface area contributed by atoms with E-state index in [1.54, 1.807) is 0 Å². The van der Waals surface area contributed by atoms with Gasteiger partial charge in [0.1, 0.15) is 0 Å². The Labute approximate surface area is 112 Å². The molecule has 1 saturated heterocycles. The fourth-order valence-corrected chi connectivity index (χ4v) is 3.62. The van der Waals surface area contributed by atoms with Crippen LogP contribution in [0.1, 0.15) is 19.8 Å². The second-order valence-electron chi connectivity index (χ2n) is 4.45. The molecule has 0 bridgehead atoms. The number of ether oxygens (including phenoxy) is 1. The van der Waals surface area contributed by atoms with E-state index in [-0.39, 0.29) is 16.6 Å². The van der Waals surface area contributed by atoms with Crippen LogP contribution in [-0.4, -0.2) is 43.5 Å². The van der Waals surface area contributed by atoms with E-state index in [1.165, 1.54) is 22.6 Å². The van der Waals surface area contributed by atoms with Gasteiger partial charge in [-0.3, -0.25) is 4.79 Å². The topological polar surface area (TPSA) is 79.5 Å². The van der Waals surface area contributed by atoms with E-state index in [1.807, 2.05) is 6.92 Å². The van der Waals surface area contributed by atoms with Crippen molar-refractivity contribution >= 4 is 10.0 Å². The number of aromatic nitrogens is 1. The van der Waals surface area contributed by atoms with Crippen molar-refractivity contribution in [3.05, 3.63) is 28.7 Å². The molecule has 1 fully saturated rings. The Morgan fingerprint density at radius 1 is 1.37 bits per heavy atom. The van der Waals surface area contributed by atoms with Gasteiger partial charge in [0.15, 0.2) is 0 Å². The molecule has 1 aromatic rings. The van der Waals surface area contributed by atoms with Gasteiger partial charge in [-0.2, -0.15) is 4.31 Å². The molecule has 19 heavy (non-hydrogen) atoms. The molecule has 106 valence electrons. The number of hydrogen-bond acceptors (Lipinski definition) is 4. The molecule has 0 aliphatic carbocycles. The SMILES string of the molecule is CCOC1CCN(S(=O)(=O)c2ccc(=O)[nH]c2)CC1. The van der Waals surface area contributed by atoms with Gasteiger partial charge in [-0.15, -0.1) is 0 Å². The maximum Gasteiger partial charge on any atom is 0.247 e. The largest absolute Gasteiger partial charge is 0.378 e. The summed E-state index contributed by atoms with van der Waals surface area (Å²) in [7, 11) is -3.51. The van der Waals surface area contributed by atoms with Gasteiger partial charge in [0.2, 0.25) is 15.6 Å². The van der Waals surface area contributed by atoms with Gasteiger partial charge in [-0.05, 0) is 25.8 Å². The summed E-state index contributed by atoms with van der Waals surface area (Å²) in [6.07, 6.45) is 2.80. The van der Waals surface area contributed by atoms with Crippen molar-refractivity contribution in [2.24, 2.45) is 0 Å². The summed E-state index contributed by atoms with van der Waals surface area (Å²) in [5, 5.41) is 0. The Morgan fingerprint density at radius 2 is 2.05 bits per heavy atom. The van der Waals surface area contributed by atoms with Gasteiger partial charge in [-0.1, -0.05) is 0 Å². The molecule has 1 N–H and O–H groups in total. The van der Waals surface area contributed by atoms with E-state index >= 15 is 0 Å². The summed E-state index contributed by atoms with van der Waals surface area (Å²) in [6, 6.07) is 2.56. The van der Waals surface area contributed by atoms with Crippen LogP contribution in [0.3, 0.4) is 0 Å². The Balaban J connectivity index is 2.09. The number of nitrogens with one attached hydrogen (secondary N) is 1. The van der Waals surface area contributed by atoms with Gasteiger partial charge in [0.25, 0.3) is 0 Å². The maximum absolute atomic E-state index is 12.3. The highest BCUT2D eigenvalue weighted by atomic mass is 32.2. The number of pyridine rings is 1. The second-order valence-corrected chi connectivity index (χ2v) is 6.39. The van der Waals surface area contributed by atoms with Crippen LogP contribution in [0.5, 0.6) is 0 Å². The summed E-state index contributed by atoms with van der Waals surface area (Å²) in [4.78, 5) is 13.5. The number of hydrogen-bond donors (Lipinski definition) is 1. The maximum atomic E-state index is 12.3. The minimum absolute atomic E-state index is 0.127. The number of piperidine rings is 1. The summed E-state index contributed by atoms with van der Waals surface area (Å²) >= 11 is 0. The zero-order chi connectivity index (χ0) is 13.9. The molecule has 6 nitrogen and oxygen atoms in total.